The van der Waals surface area contributed by atoms with Gasteiger partial charge in [-0.05, 0) is 37.0 Å². The molecule has 0 unspecified atom stereocenters. The van der Waals surface area contributed by atoms with Crippen molar-refractivity contribution < 1.29 is 35.9 Å². The summed E-state index contributed by atoms with van der Waals surface area (Å²) in [6.45, 7) is 1.86. The largest absolute Gasteiger partial charge is 0.416 e. The van der Waals surface area contributed by atoms with Crippen molar-refractivity contribution in [2.75, 3.05) is 18.5 Å². The van der Waals surface area contributed by atoms with Crippen LogP contribution in [0.4, 0.5) is 32.0 Å². The summed E-state index contributed by atoms with van der Waals surface area (Å²) in [4.78, 5) is 12.3. The molecule has 11 heteroatoms. The van der Waals surface area contributed by atoms with Crippen molar-refractivity contribution in [1.29, 1.82) is 0 Å². The van der Waals surface area contributed by atoms with Gasteiger partial charge >= 0.3 is 12.4 Å². The number of anilines is 1. The molecule has 1 amide bonds. The van der Waals surface area contributed by atoms with Crippen molar-refractivity contribution >= 4 is 11.6 Å². The maximum Gasteiger partial charge on any atom is 0.416 e. The molecule has 158 valence electrons. The third-order valence-corrected chi connectivity index (χ3v) is 4.53. The second-order valence-corrected chi connectivity index (χ2v) is 6.76. The Morgan fingerprint density at radius 1 is 1.07 bits per heavy atom. The molecule has 1 saturated heterocycles. The Hall–Kier alpha value is -2.56. The van der Waals surface area contributed by atoms with Crippen molar-refractivity contribution in [3.63, 3.8) is 0 Å². The van der Waals surface area contributed by atoms with Crippen molar-refractivity contribution in [3.8, 4) is 0 Å². The molecule has 1 fully saturated rings. The summed E-state index contributed by atoms with van der Waals surface area (Å²) in [5.74, 6) is -0.753. The number of aromatic nitrogens is 2. The number of halogens is 6. The maximum absolute atomic E-state index is 12.9. The van der Waals surface area contributed by atoms with Crippen LogP contribution in [0.5, 0.6) is 0 Å². The summed E-state index contributed by atoms with van der Waals surface area (Å²) in [6, 6.07) is 0.747. The van der Waals surface area contributed by atoms with Gasteiger partial charge in [-0.3, -0.25) is 9.48 Å². The van der Waals surface area contributed by atoms with E-state index in [0.717, 1.165) is 12.8 Å². The van der Waals surface area contributed by atoms with E-state index in [1.165, 1.54) is 12.4 Å². The SMILES string of the molecule is O=C(Nc1cnn(CC2CCOCC2)c1)c1cc(C(F)(F)F)cc(C(F)(F)F)c1. The highest BCUT2D eigenvalue weighted by Crippen LogP contribution is 2.36. The normalized spacial score (nSPS) is 16.1. The molecule has 0 saturated carbocycles. The molecule has 2 heterocycles. The second kappa shape index (κ2) is 8.05. The van der Waals surface area contributed by atoms with Gasteiger partial charge in [0, 0.05) is 31.5 Å². The number of nitrogens with one attached hydrogen (secondary N) is 1. The van der Waals surface area contributed by atoms with Gasteiger partial charge in [0.2, 0.25) is 0 Å². The first-order valence-corrected chi connectivity index (χ1v) is 8.73. The van der Waals surface area contributed by atoms with Crippen LogP contribution in [-0.2, 0) is 23.6 Å². The molecule has 0 radical (unpaired) electrons. The van der Waals surface area contributed by atoms with Crippen molar-refractivity contribution in [3.05, 3.63) is 47.3 Å². The zero-order chi connectivity index (χ0) is 21.2. The van der Waals surface area contributed by atoms with E-state index in [-0.39, 0.29) is 11.8 Å². The van der Waals surface area contributed by atoms with E-state index in [9.17, 15) is 31.1 Å². The Morgan fingerprint density at radius 2 is 1.66 bits per heavy atom. The van der Waals surface area contributed by atoms with Crippen LogP contribution in [0.15, 0.2) is 30.6 Å². The predicted molar refractivity (Wildman–Crippen MR) is 90.2 cm³/mol. The Labute approximate surface area is 161 Å². The number of ether oxygens (including phenoxy) is 1. The number of rotatable bonds is 4. The monoisotopic (exact) mass is 421 g/mol. The number of hydrogen-bond donors (Lipinski definition) is 1. The third-order valence-electron chi connectivity index (χ3n) is 4.53. The van der Waals surface area contributed by atoms with E-state index < -0.39 is 35.0 Å². The highest BCUT2D eigenvalue weighted by molar-refractivity contribution is 6.04. The first kappa shape index (κ1) is 21.2. The lowest BCUT2D eigenvalue weighted by Crippen LogP contribution is -2.20. The number of hydrogen-bond acceptors (Lipinski definition) is 3. The van der Waals surface area contributed by atoms with Crippen LogP contribution in [0, 0.1) is 5.92 Å². The zero-order valence-electron chi connectivity index (χ0n) is 15.0. The van der Waals surface area contributed by atoms with Gasteiger partial charge in [-0.15, -0.1) is 0 Å². The summed E-state index contributed by atoms with van der Waals surface area (Å²) in [6.07, 6.45) is -5.57. The fraction of sp³-hybridized carbons (Fsp3) is 0.444. The Kier molecular flexibility index (Phi) is 5.87. The Morgan fingerprint density at radius 3 is 2.21 bits per heavy atom. The molecule has 0 spiro atoms. The van der Waals surface area contributed by atoms with Crippen LogP contribution in [-0.4, -0.2) is 28.9 Å². The molecular weight excluding hydrogens is 404 g/mol. The minimum Gasteiger partial charge on any atom is -0.381 e. The van der Waals surface area contributed by atoms with E-state index >= 15 is 0 Å². The standard InChI is InChI=1S/C18H17F6N3O2/c19-17(20,21)13-5-12(6-14(7-13)18(22,23)24)16(28)26-15-8-25-27(10-15)9-11-1-3-29-4-2-11/h5-8,10-11H,1-4,9H2,(H,26,28). The van der Waals surface area contributed by atoms with Crippen LogP contribution in [0.25, 0.3) is 0 Å². The number of alkyl halides is 6. The first-order valence-electron chi connectivity index (χ1n) is 8.73. The molecule has 1 aromatic carbocycles. The average Bonchev–Trinajstić information content (AvgIpc) is 3.07. The number of benzene rings is 1. The molecule has 0 bridgehead atoms. The summed E-state index contributed by atoms with van der Waals surface area (Å²) < 4.78 is 84.4. The molecule has 1 aromatic heterocycles. The Bertz CT molecular complexity index is 837. The third kappa shape index (κ3) is 5.49. The molecule has 1 aliphatic heterocycles. The van der Waals surface area contributed by atoms with Gasteiger partial charge in [-0.2, -0.15) is 31.4 Å². The van der Waals surface area contributed by atoms with E-state index in [0.29, 0.717) is 37.8 Å². The summed E-state index contributed by atoms with van der Waals surface area (Å²) >= 11 is 0. The minimum absolute atomic E-state index is 0.0251. The fourth-order valence-electron chi connectivity index (χ4n) is 3.01. The van der Waals surface area contributed by atoms with E-state index in [4.69, 9.17) is 4.74 Å². The fourth-order valence-corrected chi connectivity index (χ4v) is 3.01. The lowest BCUT2D eigenvalue weighted by Gasteiger charge is -2.21. The van der Waals surface area contributed by atoms with Gasteiger partial charge in [0.05, 0.1) is 23.0 Å². The summed E-state index contributed by atoms with van der Waals surface area (Å²) in [5.41, 5.74) is -3.67. The van der Waals surface area contributed by atoms with Crippen LogP contribution in [0.1, 0.15) is 34.3 Å². The average molecular weight is 421 g/mol. The molecular formula is C18H17F6N3O2. The zero-order valence-corrected chi connectivity index (χ0v) is 15.0. The summed E-state index contributed by atoms with van der Waals surface area (Å²) in [7, 11) is 0. The van der Waals surface area contributed by atoms with Crippen molar-refractivity contribution in [2.45, 2.75) is 31.7 Å². The second-order valence-electron chi connectivity index (χ2n) is 6.76. The van der Waals surface area contributed by atoms with Gasteiger partial charge in [0.1, 0.15) is 0 Å². The van der Waals surface area contributed by atoms with Gasteiger partial charge in [0.25, 0.3) is 5.91 Å². The predicted octanol–water partition coefficient (Wildman–Crippen LogP) is 4.60. The molecule has 1 N–H and O–H groups in total. The van der Waals surface area contributed by atoms with Gasteiger partial charge in [-0.25, -0.2) is 0 Å². The quantitative estimate of drug-likeness (QED) is 0.735. The highest BCUT2D eigenvalue weighted by atomic mass is 19.4. The van der Waals surface area contributed by atoms with Crippen LogP contribution >= 0.6 is 0 Å². The summed E-state index contributed by atoms with van der Waals surface area (Å²) in [5, 5.41) is 6.36. The van der Waals surface area contributed by atoms with Crippen molar-refractivity contribution in [2.24, 2.45) is 5.92 Å². The number of carbonyl (C=O) groups excluding carboxylic acids is 1. The van der Waals surface area contributed by atoms with E-state index in [2.05, 4.69) is 10.4 Å². The number of nitrogens with zero attached hydrogens (tertiary/aromatic N) is 2. The highest BCUT2D eigenvalue weighted by Gasteiger charge is 2.37. The van der Waals surface area contributed by atoms with Crippen LogP contribution in [0.2, 0.25) is 0 Å². The van der Waals surface area contributed by atoms with Crippen molar-refractivity contribution in [1.82, 2.24) is 9.78 Å². The minimum atomic E-state index is -5.02. The smallest absolute Gasteiger partial charge is 0.381 e. The van der Waals surface area contributed by atoms with E-state index in [1.807, 2.05) is 0 Å². The van der Waals surface area contributed by atoms with Crippen LogP contribution < -0.4 is 5.32 Å². The lowest BCUT2D eigenvalue weighted by molar-refractivity contribution is -0.143. The number of amides is 1. The van der Waals surface area contributed by atoms with Gasteiger partial charge in [0.15, 0.2) is 0 Å². The van der Waals surface area contributed by atoms with E-state index in [1.54, 1.807) is 4.68 Å². The molecule has 2 aromatic rings. The number of carbonyl (C=O) groups is 1. The molecule has 3 rings (SSSR count). The Balaban J connectivity index is 1.76. The maximum atomic E-state index is 12.9. The molecule has 29 heavy (non-hydrogen) atoms. The molecule has 0 atom stereocenters. The molecule has 5 nitrogen and oxygen atoms in total. The first-order chi connectivity index (χ1) is 13.5. The van der Waals surface area contributed by atoms with Gasteiger partial charge < -0.3 is 10.1 Å². The van der Waals surface area contributed by atoms with Crippen LogP contribution in [0.3, 0.4) is 0 Å². The topological polar surface area (TPSA) is 56.2 Å². The molecule has 1 aliphatic rings. The molecule has 0 aliphatic carbocycles. The van der Waals surface area contributed by atoms with Gasteiger partial charge in [-0.1, -0.05) is 0 Å². The lowest BCUT2D eigenvalue weighted by atomic mass is 10.0.